The SMILES string of the molecule is C[C@H](NC(=O)c1sc2cccc(F)c2c1Cl)[C@H]1CCCO1. The van der Waals surface area contributed by atoms with Crippen molar-refractivity contribution < 1.29 is 13.9 Å². The largest absolute Gasteiger partial charge is 0.376 e. The fourth-order valence-corrected chi connectivity index (χ4v) is 4.04. The summed E-state index contributed by atoms with van der Waals surface area (Å²) in [5.41, 5.74) is 0. The second-order valence-corrected chi connectivity index (χ2v) is 6.60. The first kappa shape index (κ1) is 14.8. The Balaban J connectivity index is 1.84. The van der Waals surface area contributed by atoms with E-state index < -0.39 is 5.82 Å². The van der Waals surface area contributed by atoms with Crippen LogP contribution in [0.1, 0.15) is 29.4 Å². The normalized spacial score (nSPS) is 19.9. The molecule has 2 atom stereocenters. The van der Waals surface area contributed by atoms with Crippen LogP contribution in [0.25, 0.3) is 10.1 Å². The molecule has 1 aromatic heterocycles. The number of carbonyl (C=O) groups excluding carboxylic acids is 1. The van der Waals surface area contributed by atoms with Crippen molar-refractivity contribution in [1.29, 1.82) is 0 Å². The average molecular weight is 328 g/mol. The van der Waals surface area contributed by atoms with Gasteiger partial charge in [0.25, 0.3) is 5.91 Å². The molecule has 0 spiro atoms. The Morgan fingerprint density at radius 1 is 1.57 bits per heavy atom. The van der Waals surface area contributed by atoms with Gasteiger partial charge in [-0.1, -0.05) is 17.7 Å². The van der Waals surface area contributed by atoms with E-state index >= 15 is 0 Å². The monoisotopic (exact) mass is 327 g/mol. The number of fused-ring (bicyclic) bond motifs is 1. The van der Waals surface area contributed by atoms with Gasteiger partial charge in [-0.2, -0.15) is 0 Å². The molecule has 1 aliphatic rings. The maximum absolute atomic E-state index is 13.8. The van der Waals surface area contributed by atoms with Crippen molar-refractivity contribution in [2.75, 3.05) is 6.61 Å². The minimum Gasteiger partial charge on any atom is -0.376 e. The van der Waals surface area contributed by atoms with Crippen LogP contribution in [-0.2, 0) is 4.74 Å². The molecule has 6 heteroatoms. The standard InChI is InChI=1S/C15H15ClFNO2S/c1-8(10-5-3-7-20-10)18-15(19)14-13(16)12-9(17)4-2-6-11(12)21-14/h2,4,6,8,10H,3,5,7H2,1H3,(H,18,19)/t8-,10+/m0/s1. The maximum atomic E-state index is 13.8. The summed E-state index contributed by atoms with van der Waals surface area (Å²) in [5, 5.41) is 3.40. The van der Waals surface area contributed by atoms with Crippen LogP contribution in [0, 0.1) is 5.82 Å². The molecule has 0 unspecified atom stereocenters. The highest BCUT2D eigenvalue weighted by molar-refractivity contribution is 7.21. The Labute approximate surface area is 131 Å². The second kappa shape index (κ2) is 5.91. The zero-order valence-electron chi connectivity index (χ0n) is 11.5. The van der Waals surface area contributed by atoms with E-state index in [1.807, 2.05) is 6.92 Å². The van der Waals surface area contributed by atoms with Gasteiger partial charge in [-0.15, -0.1) is 11.3 Å². The molecule has 1 amide bonds. The number of hydrogen-bond acceptors (Lipinski definition) is 3. The summed E-state index contributed by atoms with van der Waals surface area (Å²) >= 11 is 7.38. The topological polar surface area (TPSA) is 38.3 Å². The number of hydrogen-bond donors (Lipinski definition) is 1. The molecule has 3 nitrogen and oxygen atoms in total. The van der Waals surface area contributed by atoms with Gasteiger partial charge in [-0.05, 0) is 31.9 Å². The van der Waals surface area contributed by atoms with Gasteiger partial charge >= 0.3 is 0 Å². The summed E-state index contributed by atoms with van der Waals surface area (Å²) in [7, 11) is 0. The molecule has 21 heavy (non-hydrogen) atoms. The van der Waals surface area contributed by atoms with Crippen LogP contribution in [0.4, 0.5) is 4.39 Å². The van der Waals surface area contributed by atoms with E-state index in [0.717, 1.165) is 19.4 Å². The van der Waals surface area contributed by atoms with E-state index in [1.54, 1.807) is 12.1 Å². The van der Waals surface area contributed by atoms with E-state index in [2.05, 4.69) is 5.32 Å². The molecule has 2 heterocycles. The number of carbonyl (C=O) groups is 1. The Bertz CT molecular complexity index is 682. The van der Waals surface area contributed by atoms with Crippen LogP contribution in [0.5, 0.6) is 0 Å². The molecular weight excluding hydrogens is 313 g/mol. The highest BCUT2D eigenvalue weighted by Gasteiger charge is 2.26. The molecule has 0 bridgehead atoms. The highest BCUT2D eigenvalue weighted by atomic mass is 35.5. The van der Waals surface area contributed by atoms with Gasteiger partial charge in [-0.3, -0.25) is 4.79 Å². The van der Waals surface area contributed by atoms with Gasteiger partial charge in [0.1, 0.15) is 10.7 Å². The molecule has 1 fully saturated rings. The van der Waals surface area contributed by atoms with Crippen LogP contribution in [0.3, 0.4) is 0 Å². The first-order valence-corrected chi connectivity index (χ1v) is 8.06. The summed E-state index contributed by atoms with van der Waals surface area (Å²) in [6, 6.07) is 4.62. The van der Waals surface area contributed by atoms with Gasteiger partial charge < -0.3 is 10.1 Å². The van der Waals surface area contributed by atoms with Crippen molar-refractivity contribution in [3.63, 3.8) is 0 Å². The van der Waals surface area contributed by atoms with Crippen LogP contribution >= 0.6 is 22.9 Å². The number of benzene rings is 1. The number of nitrogens with one attached hydrogen (secondary N) is 1. The van der Waals surface area contributed by atoms with Crippen molar-refractivity contribution in [1.82, 2.24) is 5.32 Å². The molecule has 112 valence electrons. The van der Waals surface area contributed by atoms with Crippen molar-refractivity contribution >= 4 is 38.9 Å². The number of rotatable bonds is 3. The maximum Gasteiger partial charge on any atom is 0.263 e. The van der Waals surface area contributed by atoms with E-state index in [9.17, 15) is 9.18 Å². The summed E-state index contributed by atoms with van der Waals surface area (Å²) in [5.74, 6) is -0.677. The quantitative estimate of drug-likeness (QED) is 0.925. The minimum atomic E-state index is -0.403. The fourth-order valence-electron chi connectivity index (χ4n) is 2.58. The smallest absolute Gasteiger partial charge is 0.263 e. The van der Waals surface area contributed by atoms with Crippen molar-refractivity contribution in [2.24, 2.45) is 0 Å². The van der Waals surface area contributed by atoms with E-state index in [-0.39, 0.29) is 23.1 Å². The molecule has 1 aromatic carbocycles. The number of halogens is 2. The number of thiophene rings is 1. The molecule has 1 aliphatic heterocycles. The molecule has 2 aromatic rings. The first-order chi connectivity index (χ1) is 10.1. The highest BCUT2D eigenvalue weighted by Crippen LogP contribution is 2.36. The summed E-state index contributed by atoms with van der Waals surface area (Å²) in [4.78, 5) is 12.7. The zero-order chi connectivity index (χ0) is 15.0. The minimum absolute atomic E-state index is 0.0406. The predicted octanol–water partition coefficient (Wildman–Crippen LogP) is 3.99. The lowest BCUT2D eigenvalue weighted by molar-refractivity contribution is 0.0715. The molecule has 1 saturated heterocycles. The third-order valence-electron chi connectivity index (χ3n) is 3.69. The van der Waals surface area contributed by atoms with E-state index in [0.29, 0.717) is 15.0 Å². The Kier molecular flexibility index (Phi) is 4.15. The number of amides is 1. The van der Waals surface area contributed by atoms with Gasteiger partial charge in [0.05, 0.1) is 17.2 Å². The van der Waals surface area contributed by atoms with E-state index in [4.69, 9.17) is 16.3 Å². The van der Waals surface area contributed by atoms with Crippen LogP contribution in [0.2, 0.25) is 5.02 Å². The lowest BCUT2D eigenvalue weighted by atomic mass is 10.1. The van der Waals surface area contributed by atoms with Gasteiger partial charge in [0.15, 0.2) is 0 Å². The van der Waals surface area contributed by atoms with Crippen molar-refractivity contribution in [2.45, 2.75) is 31.9 Å². The first-order valence-electron chi connectivity index (χ1n) is 6.87. The van der Waals surface area contributed by atoms with Crippen molar-refractivity contribution in [3.8, 4) is 0 Å². The third-order valence-corrected chi connectivity index (χ3v) is 5.34. The summed E-state index contributed by atoms with van der Waals surface area (Å²) < 4.78 is 20.0. The molecule has 0 radical (unpaired) electrons. The molecule has 1 N–H and O–H groups in total. The lowest BCUT2D eigenvalue weighted by Gasteiger charge is -2.19. The van der Waals surface area contributed by atoms with Gasteiger partial charge in [0, 0.05) is 16.7 Å². The Morgan fingerprint density at radius 3 is 3.05 bits per heavy atom. The van der Waals surface area contributed by atoms with Gasteiger partial charge in [-0.25, -0.2) is 4.39 Å². The van der Waals surface area contributed by atoms with Crippen LogP contribution in [0.15, 0.2) is 18.2 Å². The molecule has 0 saturated carbocycles. The van der Waals surface area contributed by atoms with Crippen LogP contribution in [-0.4, -0.2) is 24.7 Å². The lowest BCUT2D eigenvalue weighted by Crippen LogP contribution is -2.40. The van der Waals surface area contributed by atoms with Crippen LogP contribution < -0.4 is 5.32 Å². The van der Waals surface area contributed by atoms with Crippen molar-refractivity contribution in [3.05, 3.63) is 33.9 Å². The third kappa shape index (κ3) is 2.78. The Hall–Kier alpha value is -1.17. The molecular formula is C15H15ClFNO2S. The molecule has 0 aliphatic carbocycles. The Morgan fingerprint density at radius 2 is 2.38 bits per heavy atom. The molecule has 3 rings (SSSR count). The summed E-state index contributed by atoms with van der Waals surface area (Å²) in [6.07, 6.45) is 1.99. The van der Waals surface area contributed by atoms with Gasteiger partial charge in [0.2, 0.25) is 0 Å². The number of ether oxygens (including phenoxy) is 1. The summed E-state index contributed by atoms with van der Waals surface area (Å²) in [6.45, 7) is 2.65. The fraction of sp³-hybridized carbons (Fsp3) is 0.400. The van der Waals surface area contributed by atoms with E-state index in [1.165, 1.54) is 17.4 Å². The second-order valence-electron chi connectivity index (χ2n) is 5.17. The zero-order valence-corrected chi connectivity index (χ0v) is 13.1. The predicted molar refractivity (Wildman–Crippen MR) is 82.7 cm³/mol. The average Bonchev–Trinajstić information content (AvgIpc) is 3.07.